The molecule has 2 nitrogen and oxygen atoms in total. The topological polar surface area (TPSA) is 26.3 Å². The minimum atomic E-state index is -0.298. The lowest BCUT2D eigenvalue weighted by Crippen LogP contribution is -2.15. The van der Waals surface area contributed by atoms with Crippen LogP contribution in [0.5, 0.6) is 0 Å². The highest BCUT2D eigenvalue weighted by molar-refractivity contribution is 9.10. The molecule has 0 N–H and O–H groups in total. The third-order valence-electron chi connectivity index (χ3n) is 2.49. The van der Waals surface area contributed by atoms with Gasteiger partial charge >= 0.3 is 5.97 Å². The Morgan fingerprint density at radius 3 is 2.65 bits per heavy atom. The monoisotopic (exact) mass is 296 g/mol. The van der Waals surface area contributed by atoms with Crippen molar-refractivity contribution in [3.05, 3.63) is 46.5 Å². The lowest BCUT2D eigenvalue weighted by atomic mass is 9.84. The molecule has 0 radical (unpaired) electrons. The van der Waals surface area contributed by atoms with E-state index in [9.17, 15) is 4.79 Å². The average molecular weight is 297 g/mol. The standard InChI is InChI=1S/C14H17BrO2/c1-4-17-13(16)9-10-14(2,3)11-7-5-6-8-12(11)15/h5-10H,4H2,1-3H3. The Bertz CT molecular complexity index is 422. The van der Waals surface area contributed by atoms with E-state index >= 15 is 0 Å². The number of halogens is 1. The van der Waals surface area contributed by atoms with Crippen LogP contribution in [0.15, 0.2) is 40.9 Å². The van der Waals surface area contributed by atoms with Gasteiger partial charge in [-0.3, -0.25) is 0 Å². The third kappa shape index (κ3) is 4.00. The van der Waals surface area contributed by atoms with Crippen LogP contribution in [0.3, 0.4) is 0 Å². The Morgan fingerprint density at radius 1 is 1.41 bits per heavy atom. The first-order valence-electron chi connectivity index (χ1n) is 5.58. The number of esters is 1. The van der Waals surface area contributed by atoms with Crippen LogP contribution >= 0.6 is 15.9 Å². The molecule has 0 aliphatic heterocycles. The normalized spacial score (nSPS) is 11.8. The van der Waals surface area contributed by atoms with Crippen molar-refractivity contribution in [2.45, 2.75) is 26.2 Å². The minimum absolute atomic E-state index is 0.215. The summed E-state index contributed by atoms with van der Waals surface area (Å²) in [6.07, 6.45) is 3.36. The van der Waals surface area contributed by atoms with Crippen LogP contribution in [-0.4, -0.2) is 12.6 Å². The fourth-order valence-corrected chi connectivity index (χ4v) is 2.34. The highest BCUT2D eigenvalue weighted by atomic mass is 79.9. The maximum atomic E-state index is 11.3. The van der Waals surface area contributed by atoms with E-state index in [0.717, 1.165) is 10.0 Å². The van der Waals surface area contributed by atoms with Gasteiger partial charge in [-0.2, -0.15) is 0 Å². The Labute approximate surface area is 111 Å². The first-order valence-corrected chi connectivity index (χ1v) is 6.37. The summed E-state index contributed by atoms with van der Waals surface area (Å²) in [5.41, 5.74) is 0.924. The van der Waals surface area contributed by atoms with Crippen LogP contribution in [0.2, 0.25) is 0 Å². The van der Waals surface area contributed by atoms with E-state index in [4.69, 9.17) is 4.74 Å². The number of hydrogen-bond acceptors (Lipinski definition) is 2. The quantitative estimate of drug-likeness (QED) is 0.623. The second kappa shape index (κ2) is 6.01. The third-order valence-corrected chi connectivity index (χ3v) is 3.18. The molecular weight excluding hydrogens is 280 g/mol. The molecule has 0 aliphatic carbocycles. The van der Waals surface area contributed by atoms with E-state index in [1.807, 2.05) is 30.3 Å². The molecule has 0 fully saturated rings. The molecule has 0 amide bonds. The molecule has 1 aromatic rings. The van der Waals surface area contributed by atoms with Crippen LogP contribution in [0.1, 0.15) is 26.3 Å². The van der Waals surface area contributed by atoms with Crippen molar-refractivity contribution >= 4 is 21.9 Å². The number of carbonyl (C=O) groups is 1. The van der Waals surface area contributed by atoms with Crippen molar-refractivity contribution in [3.63, 3.8) is 0 Å². The SMILES string of the molecule is CCOC(=O)C=CC(C)(C)c1ccccc1Br. The molecule has 1 aromatic carbocycles. The first kappa shape index (κ1) is 14.0. The van der Waals surface area contributed by atoms with Crippen molar-refractivity contribution in [2.24, 2.45) is 0 Å². The molecule has 0 bridgehead atoms. The first-order chi connectivity index (χ1) is 7.97. The summed E-state index contributed by atoms with van der Waals surface area (Å²) in [5.74, 6) is -0.298. The number of hydrogen-bond donors (Lipinski definition) is 0. The fraction of sp³-hybridized carbons (Fsp3) is 0.357. The molecule has 0 saturated heterocycles. The van der Waals surface area contributed by atoms with Gasteiger partial charge < -0.3 is 4.74 Å². The maximum Gasteiger partial charge on any atom is 0.330 e. The summed E-state index contributed by atoms with van der Waals surface area (Å²) in [5, 5.41) is 0. The molecule has 3 heteroatoms. The Morgan fingerprint density at radius 2 is 2.06 bits per heavy atom. The molecule has 0 atom stereocenters. The number of benzene rings is 1. The second-order valence-corrected chi connectivity index (χ2v) is 5.14. The molecular formula is C14H17BrO2. The van der Waals surface area contributed by atoms with E-state index in [-0.39, 0.29) is 11.4 Å². The zero-order chi connectivity index (χ0) is 12.9. The summed E-state index contributed by atoms with van der Waals surface area (Å²) < 4.78 is 5.91. The molecule has 0 saturated carbocycles. The van der Waals surface area contributed by atoms with Crippen molar-refractivity contribution in [1.82, 2.24) is 0 Å². The summed E-state index contributed by atoms with van der Waals surface area (Å²) in [6.45, 7) is 6.31. The summed E-state index contributed by atoms with van der Waals surface area (Å²) in [6, 6.07) is 7.99. The molecule has 17 heavy (non-hydrogen) atoms. The summed E-state index contributed by atoms with van der Waals surface area (Å²) in [4.78, 5) is 11.3. The van der Waals surface area contributed by atoms with Crippen molar-refractivity contribution in [1.29, 1.82) is 0 Å². The van der Waals surface area contributed by atoms with Gasteiger partial charge in [-0.05, 0) is 18.6 Å². The van der Waals surface area contributed by atoms with E-state index in [1.165, 1.54) is 6.08 Å². The van der Waals surface area contributed by atoms with Gasteiger partial charge in [0.15, 0.2) is 0 Å². The zero-order valence-corrected chi connectivity index (χ0v) is 12.0. The second-order valence-electron chi connectivity index (χ2n) is 4.29. The van der Waals surface area contributed by atoms with Gasteiger partial charge in [0.1, 0.15) is 0 Å². The van der Waals surface area contributed by atoms with Gasteiger partial charge in [0.25, 0.3) is 0 Å². The molecule has 0 aromatic heterocycles. The highest BCUT2D eigenvalue weighted by Gasteiger charge is 2.19. The van der Waals surface area contributed by atoms with E-state index < -0.39 is 0 Å². The molecule has 0 heterocycles. The van der Waals surface area contributed by atoms with Gasteiger partial charge in [-0.25, -0.2) is 4.79 Å². The van der Waals surface area contributed by atoms with Crippen LogP contribution in [-0.2, 0) is 14.9 Å². The fourth-order valence-electron chi connectivity index (χ4n) is 1.54. The lowest BCUT2D eigenvalue weighted by Gasteiger charge is -2.22. The Balaban J connectivity index is 2.89. The number of carbonyl (C=O) groups excluding carboxylic acids is 1. The summed E-state index contributed by atoms with van der Waals surface area (Å²) in [7, 11) is 0. The van der Waals surface area contributed by atoms with Crippen LogP contribution in [0.25, 0.3) is 0 Å². The molecule has 0 unspecified atom stereocenters. The van der Waals surface area contributed by atoms with E-state index in [0.29, 0.717) is 6.61 Å². The number of rotatable bonds is 4. The number of ether oxygens (including phenoxy) is 1. The molecule has 0 spiro atoms. The van der Waals surface area contributed by atoms with Crippen molar-refractivity contribution < 1.29 is 9.53 Å². The van der Waals surface area contributed by atoms with Crippen LogP contribution in [0.4, 0.5) is 0 Å². The minimum Gasteiger partial charge on any atom is -0.463 e. The van der Waals surface area contributed by atoms with Crippen molar-refractivity contribution in [2.75, 3.05) is 6.61 Å². The van der Waals surface area contributed by atoms with Gasteiger partial charge in [0.05, 0.1) is 6.61 Å². The number of allylic oxidation sites excluding steroid dienone is 1. The van der Waals surface area contributed by atoms with Crippen molar-refractivity contribution in [3.8, 4) is 0 Å². The van der Waals surface area contributed by atoms with E-state index in [1.54, 1.807) is 6.92 Å². The molecule has 0 aliphatic rings. The van der Waals surface area contributed by atoms with Gasteiger partial charge in [0.2, 0.25) is 0 Å². The van der Waals surface area contributed by atoms with Gasteiger partial charge in [-0.15, -0.1) is 0 Å². The smallest absolute Gasteiger partial charge is 0.330 e. The molecule has 1 rings (SSSR count). The van der Waals surface area contributed by atoms with Gasteiger partial charge in [0, 0.05) is 16.0 Å². The predicted molar refractivity (Wildman–Crippen MR) is 72.9 cm³/mol. The predicted octanol–water partition coefficient (Wildman–Crippen LogP) is 3.85. The van der Waals surface area contributed by atoms with Gasteiger partial charge in [-0.1, -0.05) is 54.1 Å². The summed E-state index contributed by atoms with van der Waals surface area (Å²) >= 11 is 3.52. The Hall–Kier alpha value is -1.09. The van der Waals surface area contributed by atoms with E-state index in [2.05, 4.69) is 29.8 Å². The Kier molecular flexibility index (Phi) is 4.94. The molecule has 92 valence electrons. The van der Waals surface area contributed by atoms with Crippen LogP contribution < -0.4 is 0 Å². The maximum absolute atomic E-state index is 11.3. The average Bonchev–Trinajstić information content (AvgIpc) is 2.27. The largest absolute Gasteiger partial charge is 0.463 e. The highest BCUT2D eigenvalue weighted by Crippen LogP contribution is 2.30. The zero-order valence-electron chi connectivity index (χ0n) is 10.4. The van der Waals surface area contributed by atoms with Crippen LogP contribution in [0, 0.1) is 0 Å². The lowest BCUT2D eigenvalue weighted by molar-refractivity contribution is -0.137.